The summed E-state index contributed by atoms with van der Waals surface area (Å²) in [6, 6.07) is 5.32. The van der Waals surface area contributed by atoms with Crippen LogP contribution in [0.3, 0.4) is 0 Å². The highest BCUT2D eigenvalue weighted by atomic mass is 35.5. The third-order valence-corrected chi connectivity index (χ3v) is 3.44. The van der Waals surface area contributed by atoms with Crippen molar-refractivity contribution < 1.29 is 4.92 Å². The standard InChI is InChI=1S/C12H15ClN2O2/c13-11-7-6-10(8-12(11)15(16)17)14-9-4-2-1-3-5-9/h6-9,14H,1-5H2. The maximum absolute atomic E-state index is 10.8. The Labute approximate surface area is 105 Å². The van der Waals surface area contributed by atoms with Crippen molar-refractivity contribution in [3.63, 3.8) is 0 Å². The molecule has 4 nitrogen and oxygen atoms in total. The van der Waals surface area contributed by atoms with Gasteiger partial charge >= 0.3 is 0 Å². The molecule has 0 aromatic heterocycles. The van der Waals surface area contributed by atoms with Gasteiger partial charge in [-0.05, 0) is 25.0 Å². The molecule has 0 unspecified atom stereocenters. The number of nitro groups is 1. The fourth-order valence-electron chi connectivity index (χ4n) is 2.22. The molecule has 0 saturated heterocycles. The third-order valence-electron chi connectivity index (χ3n) is 3.12. The Bertz CT molecular complexity index is 417. The van der Waals surface area contributed by atoms with E-state index in [1.54, 1.807) is 12.1 Å². The molecule has 0 heterocycles. The Morgan fingerprint density at radius 3 is 2.65 bits per heavy atom. The highest BCUT2D eigenvalue weighted by molar-refractivity contribution is 6.32. The molecule has 1 fully saturated rings. The first-order chi connectivity index (χ1) is 8.16. The number of benzene rings is 1. The van der Waals surface area contributed by atoms with Gasteiger partial charge in [0.1, 0.15) is 5.02 Å². The van der Waals surface area contributed by atoms with E-state index in [4.69, 9.17) is 11.6 Å². The van der Waals surface area contributed by atoms with Crippen molar-refractivity contribution in [2.24, 2.45) is 0 Å². The quantitative estimate of drug-likeness (QED) is 0.655. The number of nitrogens with one attached hydrogen (secondary N) is 1. The monoisotopic (exact) mass is 254 g/mol. The third kappa shape index (κ3) is 3.09. The van der Waals surface area contributed by atoms with Crippen molar-refractivity contribution >= 4 is 23.0 Å². The number of rotatable bonds is 3. The average Bonchev–Trinajstić information content (AvgIpc) is 2.32. The lowest BCUT2D eigenvalue weighted by Crippen LogP contribution is -2.22. The van der Waals surface area contributed by atoms with E-state index < -0.39 is 4.92 Å². The molecule has 0 amide bonds. The van der Waals surface area contributed by atoms with Crippen LogP contribution in [0.5, 0.6) is 0 Å². The lowest BCUT2D eigenvalue weighted by Gasteiger charge is -2.23. The number of hydrogen-bond donors (Lipinski definition) is 1. The van der Waals surface area contributed by atoms with Crippen LogP contribution in [0, 0.1) is 10.1 Å². The van der Waals surface area contributed by atoms with Gasteiger partial charge in [-0.25, -0.2) is 0 Å². The summed E-state index contributed by atoms with van der Waals surface area (Å²) in [6.45, 7) is 0. The van der Waals surface area contributed by atoms with E-state index in [2.05, 4.69) is 5.32 Å². The zero-order valence-corrected chi connectivity index (χ0v) is 10.2. The molecule has 0 bridgehead atoms. The van der Waals surface area contributed by atoms with Crippen molar-refractivity contribution in [1.82, 2.24) is 0 Å². The molecule has 1 N–H and O–H groups in total. The lowest BCUT2D eigenvalue weighted by molar-refractivity contribution is -0.384. The topological polar surface area (TPSA) is 55.2 Å². The van der Waals surface area contributed by atoms with E-state index in [0.717, 1.165) is 18.5 Å². The van der Waals surface area contributed by atoms with Gasteiger partial charge in [-0.1, -0.05) is 30.9 Å². The first-order valence-electron chi connectivity index (χ1n) is 5.87. The molecule has 2 rings (SSSR count). The number of halogens is 1. The summed E-state index contributed by atoms with van der Waals surface area (Å²) >= 11 is 5.76. The van der Waals surface area contributed by atoms with E-state index in [1.807, 2.05) is 0 Å². The minimum Gasteiger partial charge on any atom is -0.382 e. The van der Waals surface area contributed by atoms with Gasteiger partial charge in [0, 0.05) is 17.8 Å². The second kappa shape index (κ2) is 5.36. The van der Waals surface area contributed by atoms with Crippen molar-refractivity contribution in [2.45, 2.75) is 38.1 Å². The van der Waals surface area contributed by atoms with Gasteiger partial charge in [0.15, 0.2) is 0 Å². The minimum absolute atomic E-state index is 0.0347. The van der Waals surface area contributed by atoms with Crippen LogP contribution in [0.15, 0.2) is 18.2 Å². The average molecular weight is 255 g/mol. The van der Waals surface area contributed by atoms with Crippen LogP contribution in [0.1, 0.15) is 32.1 Å². The van der Waals surface area contributed by atoms with Crippen LogP contribution >= 0.6 is 11.6 Å². The zero-order valence-electron chi connectivity index (χ0n) is 9.49. The Hall–Kier alpha value is -1.29. The van der Waals surface area contributed by atoms with Crippen LogP contribution in [0.2, 0.25) is 5.02 Å². The van der Waals surface area contributed by atoms with Gasteiger partial charge in [0.2, 0.25) is 0 Å². The van der Waals surface area contributed by atoms with Crippen LogP contribution in [0.25, 0.3) is 0 Å². The summed E-state index contributed by atoms with van der Waals surface area (Å²) in [6.07, 6.45) is 6.02. The molecule has 92 valence electrons. The molecule has 1 aromatic rings. The van der Waals surface area contributed by atoms with Crippen LogP contribution < -0.4 is 5.32 Å². The molecule has 1 aromatic carbocycles. The second-order valence-electron chi connectivity index (χ2n) is 4.40. The summed E-state index contributed by atoms with van der Waals surface area (Å²) in [4.78, 5) is 10.3. The Morgan fingerprint density at radius 2 is 2.00 bits per heavy atom. The van der Waals surface area contributed by atoms with Gasteiger partial charge < -0.3 is 5.32 Å². The highest BCUT2D eigenvalue weighted by Gasteiger charge is 2.16. The molecule has 1 aliphatic carbocycles. The van der Waals surface area contributed by atoms with Gasteiger partial charge in [-0.2, -0.15) is 0 Å². The number of nitro benzene ring substituents is 1. The lowest BCUT2D eigenvalue weighted by atomic mass is 9.95. The molecule has 0 spiro atoms. The largest absolute Gasteiger partial charge is 0.382 e. The molecule has 1 saturated carbocycles. The van der Waals surface area contributed by atoms with Gasteiger partial charge in [0.25, 0.3) is 5.69 Å². The molecular weight excluding hydrogens is 240 g/mol. The maximum atomic E-state index is 10.8. The molecule has 5 heteroatoms. The molecule has 1 aliphatic rings. The summed E-state index contributed by atoms with van der Waals surface area (Å²) in [5.74, 6) is 0. The Balaban J connectivity index is 2.10. The van der Waals surface area contributed by atoms with Gasteiger partial charge in [-0.15, -0.1) is 0 Å². The molecule has 0 aliphatic heterocycles. The SMILES string of the molecule is O=[N+]([O-])c1cc(NC2CCCCC2)ccc1Cl. The van der Waals surface area contributed by atoms with Crippen LogP contribution in [-0.2, 0) is 0 Å². The summed E-state index contributed by atoms with van der Waals surface area (Å²) in [5, 5.41) is 14.3. The minimum atomic E-state index is -0.450. The number of anilines is 1. The fraction of sp³-hybridized carbons (Fsp3) is 0.500. The first-order valence-corrected chi connectivity index (χ1v) is 6.25. The van der Waals surface area contributed by atoms with Crippen molar-refractivity contribution in [2.75, 3.05) is 5.32 Å². The molecule has 0 radical (unpaired) electrons. The van der Waals surface area contributed by atoms with E-state index in [0.29, 0.717) is 6.04 Å². The fourth-order valence-corrected chi connectivity index (χ4v) is 2.41. The number of hydrogen-bond acceptors (Lipinski definition) is 3. The highest BCUT2D eigenvalue weighted by Crippen LogP contribution is 2.29. The predicted octanol–water partition coefficient (Wildman–Crippen LogP) is 3.99. The van der Waals surface area contributed by atoms with Crippen LogP contribution in [0.4, 0.5) is 11.4 Å². The molecular formula is C12H15ClN2O2. The Kier molecular flexibility index (Phi) is 3.84. The van der Waals surface area contributed by atoms with E-state index in [-0.39, 0.29) is 10.7 Å². The smallest absolute Gasteiger partial charge is 0.289 e. The Morgan fingerprint density at radius 1 is 1.29 bits per heavy atom. The molecule has 0 atom stereocenters. The predicted molar refractivity (Wildman–Crippen MR) is 68.6 cm³/mol. The second-order valence-corrected chi connectivity index (χ2v) is 4.81. The van der Waals surface area contributed by atoms with E-state index >= 15 is 0 Å². The summed E-state index contributed by atoms with van der Waals surface area (Å²) in [7, 11) is 0. The van der Waals surface area contributed by atoms with E-state index in [1.165, 1.54) is 25.3 Å². The normalized spacial score (nSPS) is 16.8. The van der Waals surface area contributed by atoms with Crippen molar-refractivity contribution in [3.05, 3.63) is 33.3 Å². The van der Waals surface area contributed by atoms with Crippen LogP contribution in [-0.4, -0.2) is 11.0 Å². The zero-order chi connectivity index (χ0) is 12.3. The van der Waals surface area contributed by atoms with Crippen molar-refractivity contribution in [1.29, 1.82) is 0 Å². The first kappa shape index (κ1) is 12.2. The number of nitrogens with zero attached hydrogens (tertiary/aromatic N) is 1. The van der Waals surface area contributed by atoms with Crippen molar-refractivity contribution in [3.8, 4) is 0 Å². The summed E-state index contributed by atoms with van der Waals surface area (Å²) in [5.41, 5.74) is 0.750. The summed E-state index contributed by atoms with van der Waals surface area (Å²) < 4.78 is 0. The van der Waals surface area contributed by atoms with E-state index in [9.17, 15) is 10.1 Å². The van der Waals surface area contributed by atoms with Gasteiger partial charge in [0.05, 0.1) is 4.92 Å². The van der Waals surface area contributed by atoms with Gasteiger partial charge in [-0.3, -0.25) is 10.1 Å². The molecule has 17 heavy (non-hydrogen) atoms. The maximum Gasteiger partial charge on any atom is 0.289 e.